The monoisotopic (exact) mass is 324 g/mol. The molecule has 116 valence electrons. The smallest absolute Gasteiger partial charge is 0.0831 e. The molecule has 1 saturated heterocycles. The van der Waals surface area contributed by atoms with Crippen molar-refractivity contribution < 1.29 is 9.47 Å². The molecular weight excluding hydrogens is 300 g/mol. The molecule has 2 nitrogen and oxygen atoms in total. The minimum atomic E-state index is 0.162. The first-order valence-electron chi connectivity index (χ1n) is 7.46. The fourth-order valence-electron chi connectivity index (χ4n) is 2.16. The van der Waals surface area contributed by atoms with E-state index >= 15 is 0 Å². The molecule has 1 atom stereocenters. The fraction of sp³-hybridized carbons (Fsp3) is 0.529. The van der Waals surface area contributed by atoms with E-state index in [0.29, 0.717) is 24.4 Å². The van der Waals surface area contributed by atoms with E-state index in [1.165, 1.54) is 23.5 Å². The summed E-state index contributed by atoms with van der Waals surface area (Å²) in [6.07, 6.45) is 4.35. The van der Waals surface area contributed by atoms with Gasteiger partial charge in [-0.05, 0) is 29.9 Å². The van der Waals surface area contributed by atoms with Gasteiger partial charge in [0.05, 0.1) is 30.5 Å². The SMILES string of the molecule is C=CCOC(COCc1ccccc1)CC1SCCCS1. The molecule has 1 aromatic carbocycles. The molecule has 1 aromatic rings. The third kappa shape index (κ3) is 6.92. The van der Waals surface area contributed by atoms with Crippen LogP contribution in [0.25, 0.3) is 0 Å². The van der Waals surface area contributed by atoms with Crippen molar-refractivity contribution in [2.24, 2.45) is 0 Å². The van der Waals surface area contributed by atoms with Gasteiger partial charge >= 0.3 is 0 Å². The van der Waals surface area contributed by atoms with Crippen molar-refractivity contribution >= 4 is 23.5 Å². The van der Waals surface area contributed by atoms with E-state index < -0.39 is 0 Å². The van der Waals surface area contributed by atoms with Crippen LogP contribution in [0.5, 0.6) is 0 Å². The zero-order valence-corrected chi connectivity index (χ0v) is 14.0. The number of hydrogen-bond acceptors (Lipinski definition) is 4. The highest BCUT2D eigenvalue weighted by molar-refractivity contribution is 8.17. The molecule has 1 heterocycles. The fourth-order valence-corrected chi connectivity index (χ4v) is 5.15. The molecule has 0 saturated carbocycles. The van der Waals surface area contributed by atoms with E-state index in [-0.39, 0.29) is 6.10 Å². The Morgan fingerprint density at radius 1 is 1.24 bits per heavy atom. The van der Waals surface area contributed by atoms with Gasteiger partial charge in [0.25, 0.3) is 0 Å². The lowest BCUT2D eigenvalue weighted by molar-refractivity contribution is -0.0130. The Morgan fingerprint density at radius 2 is 2.00 bits per heavy atom. The third-order valence-corrected chi connectivity index (χ3v) is 6.21. The maximum absolute atomic E-state index is 5.86. The molecule has 0 radical (unpaired) electrons. The van der Waals surface area contributed by atoms with Gasteiger partial charge in [-0.1, -0.05) is 36.4 Å². The van der Waals surface area contributed by atoms with Gasteiger partial charge in [-0.2, -0.15) is 0 Å². The van der Waals surface area contributed by atoms with E-state index in [1.807, 2.05) is 24.3 Å². The lowest BCUT2D eigenvalue weighted by atomic mass is 10.2. The lowest BCUT2D eigenvalue weighted by Gasteiger charge is -2.25. The molecule has 2 rings (SSSR count). The minimum absolute atomic E-state index is 0.162. The van der Waals surface area contributed by atoms with E-state index in [1.54, 1.807) is 0 Å². The molecule has 4 heteroatoms. The molecule has 1 unspecified atom stereocenters. The second-order valence-electron chi connectivity index (χ2n) is 5.01. The quantitative estimate of drug-likeness (QED) is 0.628. The van der Waals surface area contributed by atoms with Crippen LogP contribution < -0.4 is 0 Å². The maximum Gasteiger partial charge on any atom is 0.0831 e. The molecule has 0 aromatic heterocycles. The van der Waals surface area contributed by atoms with Crippen molar-refractivity contribution in [1.82, 2.24) is 0 Å². The average molecular weight is 325 g/mol. The summed E-state index contributed by atoms with van der Waals surface area (Å²) >= 11 is 4.11. The van der Waals surface area contributed by atoms with Gasteiger partial charge in [-0.3, -0.25) is 0 Å². The Morgan fingerprint density at radius 3 is 2.71 bits per heavy atom. The minimum Gasteiger partial charge on any atom is -0.374 e. The zero-order chi connectivity index (χ0) is 14.8. The normalized spacial score (nSPS) is 17.5. The first-order chi connectivity index (χ1) is 10.4. The summed E-state index contributed by atoms with van der Waals surface area (Å²) in [7, 11) is 0. The topological polar surface area (TPSA) is 18.5 Å². The van der Waals surface area contributed by atoms with Gasteiger partial charge < -0.3 is 9.47 Å². The van der Waals surface area contributed by atoms with Crippen molar-refractivity contribution in [3.63, 3.8) is 0 Å². The van der Waals surface area contributed by atoms with Crippen molar-refractivity contribution in [2.75, 3.05) is 24.7 Å². The molecule has 0 bridgehead atoms. The first kappa shape index (κ1) is 16.9. The highest BCUT2D eigenvalue weighted by atomic mass is 32.2. The van der Waals surface area contributed by atoms with Crippen LogP contribution >= 0.6 is 23.5 Å². The van der Waals surface area contributed by atoms with Gasteiger partial charge in [0, 0.05) is 0 Å². The number of rotatable bonds is 9. The predicted octanol–water partition coefficient (Wildman–Crippen LogP) is 4.36. The van der Waals surface area contributed by atoms with E-state index in [9.17, 15) is 0 Å². The molecule has 1 aliphatic rings. The van der Waals surface area contributed by atoms with Crippen LogP contribution in [-0.2, 0) is 16.1 Å². The Hall–Kier alpha value is -0.420. The molecule has 0 amide bonds. The van der Waals surface area contributed by atoms with Gasteiger partial charge in [-0.25, -0.2) is 0 Å². The largest absolute Gasteiger partial charge is 0.374 e. The summed E-state index contributed by atoms with van der Waals surface area (Å²) in [6.45, 7) is 5.64. The summed E-state index contributed by atoms with van der Waals surface area (Å²) in [5.41, 5.74) is 1.21. The van der Waals surface area contributed by atoms with E-state index in [4.69, 9.17) is 9.47 Å². The Balaban J connectivity index is 1.73. The Labute approximate surface area is 136 Å². The van der Waals surface area contributed by atoms with Gasteiger partial charge in [0.2, 0.25) is 0 Å². The van der Waals surface area contributed by atoms with Crippen LogP contribution in [0.15, 0.2) is 43.0 Å². The van der Waals surface area contributed by atoms with Crippen molar-refractivity contribution in [3.05, 3.63) is 48.6 Å². The van der Waals surface area contributed by atoms with Crippen molar-refractivity contribution in [3.8, 4) is 0 Å². The van der Waals surface area contributed by atoms with Gasteiger partial charge in [-0.15, -0.1) is 30.1 Å². The van der Waals surface area contributed by atoms with E-state index in [2.05, 4.69) is 42.2 Å². The molecule has 0 N–H and O–H groups in total. The van der Waals surface area contributed by atoms with Crippen LogP contribution in [0.4, 0.5) is 0 Å². The van der Waals surface area contributed by atoms with Crippen LogP contribution in [0.1, 0.15) is 18.4 Å². The zero-order valence-electron chi connectivity index (χ0n) is 12.4. The molecule has 21 heavy (non-hydrogen) atoms. The summed E-state index contributed by atoms with van der Waals surface area (Å²) in [6, 6.07) is 10.3. The Kier molecular flexibility index (Phi) is 8.33. The van der Waals surface area contributed by atoms with Crippen LogP contribution in [0.3, 0.4) is 0 Å². The highest BCUT2D eigenvalue weighted by Gasteiger charge is 2.20. The molecule has 0 aliphatic carbocycles. The van der Waals surface area contributed by atoms with Crippen LogP contribution in [-0.4, -0.2) is 35.4 Å². The third-order valence-electron chi connectivity index (χ3n) is 3.22. The van der Waals surface area contributed by atoms with Gasteiger partial charge in [0.15, 0.2) is 0 Å². The Bertz CT molecular complexity index is 391. The second-order valence-corrected chi connectivity index (χ2v) is 7.92. The molecule has 1 fully saturated rings. The summed E-state index contributed by atoms with van der Waals surface area (Å²) in [5, 5.41) is 0. The van der Waals surface area contributed by atoms with Crippen LogP contribution in [0, 0.1) is 0 Å². The average Bonchev–Trinajstić information content (AvgIpc) is 2.54. The van der Waals surface area contributed by atoms with Crippen molar-refractivity contribution in [2.45, 2.75) is 30.1 Å². The van der Waals surface area contributed by atoms with Crippen molar-refractivity contribution in [1.29, 1.82) is 0 Å². The molecule has 1 aliphatic heterocycles. The summed E-state index contributed by atoms with van der Waals surface area (Å²) in [4.78, 5) is 0. The number of hydrogen-bond donors (Lipinski definition) is 0. The number of benzene rings is 1. The number of thioether (sulfide) groups is 2. The first-order valence-corrected chi connectivity index (χ1v) is 9.55. The summed E-state index contributed by atoms with van der Waals surface area (Å²) in [5.74, 6) is 2.55. The lowest BCUT2D eigenvalue weighted by Crippen LogP contribution is -2.25. The molecule has 0 spiro atoms. The standard InChI is InChI=1S/C17H24O2S2/c1-2-9-19-16(12-17-20-10-6-11-21-17)14-18-13-15-7-4-3-5-8-15/h2-5,7-8,16-17H,1,6,9-14H2. The van der Waals surface area contributed by atoms with E-state index in [0.717, 1.165) is 6.42 Å². The van der Waals surface area contributed by atoms with Crippen LogP contribution in [0.2, 0.25) is 0 Å². The van der Waals surface area contributed by atoms with Gasteiger partial charge in [0.1, 0.15) is 0 Å². The predicted molar refractivity (Wildman–Crippen MR) is 94.0 cm³/mol. The maximum atomic E-state index is 5.86. The molecular formula is C17H24O2S2. The summed E-state index contributed by atoms with van der Waals surface area (Å²) < 4.78 is 12.4. The second kappa shape index (κ2) is 10.3. The highest BCUT2D eigenvalue weighted by Crippen LogP contribution is 2.34. The number of ether oxygens (including phenoxy) is 2.